The van der Waals surface area contributed by atoms with Crippen LogP contribution in [0.25, 0.3) is 0 Å². The average molecular weight is 315 g/mol. The van der Waals surface area contributed by atoms with E-state index in [1.807, 2.05) is 32.0 Å². The van der Waals surface area contributed by atoms with Crippen LogP contribution in [-0.4, -0.2) is 30.5 Å². The summed E-state index contributed by atoms with van der Waals surface area (Å²) < 4.78 is 6.49. The molecule has 1 aromatic carbocycles. The molecule has 100 valence electrons. The molecule has 0 unspecified atom stereocenters. The van der Waals surface area contributed by atoms with E-state index in [9.17, 15) is 4.79 Å². The Kier molecular flexibility index (Phi) is 6.15. The Labute approximate surface area is 116 Å². The lowest BCUT2D eigenvalue weighted by Gasteiger charge is -2.19. The van der Waals surface area contributed by atoms with Crippen LogP contribution in [0, 0.1) is 0 Å². The molecule has 1 aromatic rings. The van der Waals surface area contributed by atoms with Crippen molar-refractivity contribution in [1.29, 1.82) is 0 Å². The summed E-state index contributed by atoms with van der Waals surface area (Å²) in [5.41, 5.74) is 6.53. The van der Waals surface area contributed by atoms with Crippen molar-refractivity contribution in [2.75, 3.05) is 19.7 Å². The molecule has 0 fully saturated rings. The van der Waals surface area contributed by atoms with Crippen LogP contribution < -0.4 is 10.5 Å². The predicted molar refractivity (Wildman–Crippen MR) is 75.5 cm³/mol. The Balaban J connectivity index is 2.66. The first-order valence-electron chi connectivity index (χ1n) is 6.01. The van der Waals surface area contributed by atoms with E-state index in [4.69, 9.17) is 10.5 Å². The van der Waals surface area contributed by atoms with E-state index in [1.54, 1.807) is 4.90 Å². The molecule has 2 N–H and O–H groups in total. The number of amides is 1. The van der Waals surface area contributed by atoms with Crippen molar-refractivity contribution in [3.8, 4) is 5.75 Å². The summed E-state index contributed by atoms with van der Waals surface area (Å²) in [5.74, 6) is 0.659. The monoisotopic (exact) mass is 314 g/mol. The summed E-state index contributed by atoms with van der Waals surface area (Å²) in [6.07, 6.45) is 0. The van der Waals surface area contributed by atoms with Gasteiger partial charge in [0.15, 0.2) is 6.61 Å². The molecule has 0 aliphatic rings. The lowest BCUT2D eigenvalue weighted by Crippen LogP contribution is -2.34. The molecule has 4 nitrogen and oxygen atoms in total. The van der Waals surface area contributed by atoms with Crippen LogP contribution in [-0.2, 0) is 11.3 Å². The minimum Gasteiger partial charge on any atom is -0.483 e. The average Bonchev–Trinajstić information content (AvgIpc) is 2.38. The van der Waals surface area contributed by atoms with Gasteiger partial charge >= 0.3 is 0 Å². The van der Waals surface area contributed by atoms with Gasteiger partial charge in [-0.3, -0.25) is 4.79 Å². The fourth-order valence-electron chi connectivity index (χ4n) is 1.66. The van der Waals surface area contributed by atoms with E-state index in [-0.39, 0.29) is 12.5 Å². The molecular weight excluding hydrogens is 296 g/mol. The summed E-state index contributed by atoms with van der Waals surface area (Å²) >= 11 is 3.38. The molecule has 0 aromatic heterocycles. The van der Waals surface area contributed by atoms with Gasteiger partial charge in [-0.25, -0.2) is 0 Å². The van der Waals surface area contributed by atoms with E-state index < -0.39 is 0 Å². The maximum atomic E-state index is 11.8. The van der Waals surface area contributed by atoms with Gasteiger partial charge in [0, 0.05) is 29.7 Å². The second kappa shape index (κ2) is 7.38. The Morgan fingerprint density at radius 2 is 2.06 bits per heavy atom. The second-order valence-electron chi connectivity index (χ2n) is 3.81. The van der Waals surface area contributed by atoms with Crippen molar-refractivity contribution < 1.29 is 9.53 Å². The highest BCUT2D eigenvalue weighted by Gasteiger charge is 2.11. The van der Waals surface area contributed by atoms with E-state index >= 15 is 0 Å². The van der Waals surface area contributed by atoms with Crippen molar-refractivity contribution in [3.05, 3.63) is 28.2 Å². The SMILES string of the molecule is CCN(CC)C(=O)COc1ccc(Br)cc1CN. The van der Waals surface area contributed by atoms with Crippen LogP contribution >= 0.6 is 15.9 Å². The van der Waals surface area contributed by atoms with Crippen LogP contribution in [0.3, 0.4) is 0 Å². The number of hydrogen-bond donors (Lipinski definition) is 1. The van der Waals surface area contributed by atoms with Gasteiger partial charge in [0.05, 0.1) is 0 Å². The maximum absolute atomic E-state index is 11.8. The number of nitrogens with zero attached hydrogens (tertiary/aromatic N) is 1. The van der Waals surface area contributed by atoms with Gasteiger partial charge in [0.2, 0.25) is 0 Å². The molecule has 18 heavy (non-hydrogen) atoms. The first-order valence-corrected chi connectivity index (χ1v) is 6.80. The Bertz CT molecular complexity index is 406. The minimum absolute atomic E-state index is 0.00844. The molecule has 0 aliphatic carbocycles. The molecule has 0 atom stereocenters. The van der Waals surface area contributed by atoms with E-state index in [2.05, 4.69) is 15.9 Å². The number of benzene rings is 1. The number of nitrogens with two attached hydrogens (primary N) is 1. The van der Waals surface area contributed by atoms with Crippen molar-refractivity contribution >= 4 is 21.8 Å². The standard InChI is InChI=1S/C13H19BrN2O2/c1-3-16(4-2)13(17)9-18-12-6-5-11(14)7-10(12)8-15/h5-7H,3-4,8-9,15H2,1-2H3. The highest BCUT2D eigenvalue weighted by molar-refractivity contribution is 9.10. The molecular formula is C13H19BrN2O2. The van der Waals surface area contributed by atoms with Gasteiger partial charge in [-0.1, -0.05) is 15.9 Å². The normalized spacial score (nSPS) is 10.2. The maximum Gasteiger partial charge on any atom is 0.260 e. The summed E-state index contributed by atoms with van der Waals surface area (Å²) in [4.78, 5) is 13.5. The number of rotatable bonds is 6. The van der Waals surface area contributed by atoms with Crippen molar-refractivity contribution in [1.82, 2.24) is 4.90 Å². The number of likely N-dealkylation sites (N-methyl/N-ethyl adjacent to an activating group) is 1. The van der Waals surface area contributed by atoms with Crippen molar-refractivity contribution in [2.45, 2.75) is 20.4 Å². The minimum atomic E-state index is -0.00844. The topological polar surface area (TPSA) is 55.6 Å². The number of carbonyl (C=O) groups is 1. The van der Waals surface area contributed by atoms with Crippen LogP contribution in [0.15, 0.2) is 22.7 Å². The third-order valence-corrected chi connectivity index (χ3v) is 3.20. The van der Waals surface area contributed by atoms with Crippen LogP contribution in [0.2, 0.25) is 0 Å². The van der Waals surface area contributed by atoms with E-state index in [0.29, 0.717) is 25.4 Å². The first kappa shape index (κ1) is 15.0. The number of halogens is 1. The van der Waals surface area contributed by atoms with Crippen LogP contribution in [0.5, 0.6) is 5.75 Å². The number of carbonyl (C=O) groups excluding carboxylic acids is 1. The van der Waals surface area contributed by atoms with Crippen molar-refractivity contribution in [3.63, 3.8) is 0 Å². The van der Waals surface area contributed by atoms with Gasteiger partial charge in [-0.2, -0.15) is 0 Å². The second-order valence-corrected chi connectivity index (χ2v) is 4.73. The Morgan fingerprint density at radius 3 is 2.61 bits per heavy atom. The highest BCUT2D eigenvalue weighted by atomic mass is 79.9. The Morgan fingerprint density at radius 1 is 1.39 bits per heavy atom. The highest BCUT2D eigenvalue weighted by Crippen LogP contribution is 2.22. The van der Waals surface area contributed by atoms with Crippen LogP contribution in [0.1, 0.15) is 19.4 Å². The molecule has 0 aliphatic heterocycles. The van der Waals surface area contributed by atoms with Gasteiger partial charge in [-0.15, -0.1) is 0 Å². The molecule has 0 spiro atoms. The van der Waals surface area contributed by atoms with E-state index in [1.165, 1.54) is 0 Å². The van der Waals surface area contributed by atoms with Gasteiger partial charge in [-0.05, 0) is 32.0 Å². The molecule has 1 rings (SSSR count). The summed E-state index contributed by atoms with van der Waals surface area (Å²) in [6, 6.07) is 5.59. The van der Waals surface area contributed by atoms with Gasteiger partial charge < -0.3 is 15.4 Å². The number of hydrogen-bond acceptors (Lipinski definition) is 3. The summed E-state index contributed by atoms with van der Waals surface area (Å²) in [7, 11) is 0. The fourth-order valence-corrected chi connectivity index (χ4v) is 2.06. The third-order valence-electron chi connectivity index (χ3n) is 2.71. The molecule has 5 heteroatoms. The molecule has 0 bridgehead atoms. The molecule has 0 saturated heterocycles. The smallest absolute Gasteiger partial charge is 0.260 e. The number of ether oxygens (including phenoxy) is 1. The molecule has 0 heterocycles. The van der Waals surface area contributed by atoms with Crippen LogP contribution in [0.4, 0.5) is 0 Å². The summed E-state index contributed by atoms with van der Waals surface area (Å²) in [6.45, 7) is 5.73. The lowest BCUT2D eigenvalue weighted by molar-refractivity contribution is -0.132. The Hall–Kier alpha value is -1.07. The zero-order chi connectivity index (χ0) is 13.5. The summed E-state index contributed by atoms with van der Waals surface area (Å²) in [5, 5.41) is 0. The zero-order valence-electron chi connectivity index (χ0n) is 10.8. The van der Waals surface area contributed by atoms with Gasteiger partial charge in [0.1, 0.15) is 5.75 Å². The third kappa shape index (κ3) is 3.99. The molecule has 0 saturated carbocycles. The van der Waals surface area contributed by atoms with E-state index in [0.717, 1.165) is 10.0 Å². The fraction of sp³-hybridized carbons (Fsp3) is 0.462. The predicted octanol–water partition coefficient (Wildman–Crippen LogP) is 2.16. The molecule has 0 radical (unpaired) electrons. The lowest BCUT2D eigenvalue weighted by atomic mass is 10.2. The van der Waals surface area contributed by atoms with Crippen molar-refractivity contribution in [2.24, 2.45) is 5.73 Å². The quantitative estimate of drug-likeness (QED) is 0.875. The molecule has 1 amide bonds. The zero-order valence-corrected chi connectivity index (χ0v) is 12.4. The largest absolute Gasteiger partial charge is 0.483 e. The first-order chi connectivity index (χ1) is 8.62. The van der Waals surface area contributed by atoms with Gasteiger partial charge in [0.25, 0.3) is 5.91 Å².